The van der Waals surface area contributed by atoms with Gasteiger partial charge >= 0.3 is 0 Å². The number of hydrogen-bond acceptors (Lipinski definition) is 4. The number of halogens is 1. The third-order valence-electron chi connectivity index (χ3n) is 4.63. The summed E-state index contributed by atoms with van der Waals surface area (Å²) in [5.41, 5.74) is 4.26. The minimum atomic E-state index is -0.543. The van der Waals surface area contributed by atoms with Gasteiger partial charge in [-0.05, 0) is 49.5 Å². The minimum absolute atomic E-state index is 0.245. The molecule has 1 amide bonds. The maximum absolute atomic E-state index is 13.9. The second kappa shape index (κ2) is 6.75. The predicted molar refractivity (Wildman–Crippen MR) is 98.0 cm³/mol. The average Bonchev–Trinajstić information content (AvgIpc) is 2.94. The van der Waals surface area contributed by atoms with Crippen LogP contribution in [0.1, 0.15) is 16.1 Å². The summed E-state index contributed by atoms with van der Waals surface area (Å²) in [7, 11) is 2.08. The molecule has 1 aromatic heterocycles. The molecule has 2 heterocycles. The molecule has 4 rings (SSSR count). The topological polar surface area (TPSA) is 57.5 Å². The van der Waals surface area contributed by atoms with E-state index in [1.165, 1.54) is 11.8 Å². The number of rotatable bonds is 3. The molecule has 2 aromatic carbocycles. The molecule has 134 valence electrons. The molecular formula is C19H18FN3O2S. The van der Waals surface area contributed by atoms with Crippen LogP contribution in [-0.4, -0.2) is 34.2 Å². The lowest BCUT2D eigenvalue weighted by molar-refractivity contribution is 0.0706. The number of hydrogen-bond donors (Lipinski definition) is 2. The molecule has 0 bridgehead atoms. The molecule has 2 N–H and O–H groups in total. The van der Waals surface area contributed by atoms with E-state index in [0.717, 1.165) is 40.3 Å². The number of nitrogens with zero attached hydrogens (tertiary/aromatic N) is 2. The summed E-state index contributed by atoms with van der Waals surface area (Å²) < 4.78 is 16.1. The van der Waals surface area contributed by atoms with Crippen molar-refractivity contribution in [3.05, 3.63) is 59.5 Å². The Bertz CT molecular complexity index is 985. The number of aromatic nitrogens is 1. The molecule has 7 heteroatoms. The Morgan fingerprint density at radius 1 is 1.23 bits per heavy atom. The van der Waals surface area contributed by atoms with Crippen molar-refractivity contribution in [3.63, 3.8) is 0 Å². The lowest BCUT2D eigenvalue weighted by Gasteiger charge is -2.26. The van der Waals surface area contributed by atoms with E-state index in [2.05, 4.69) is 16.5 Å². The van der Waals surface area contributed by atoms with Gasteiger partial charge in [0.1, 0.15) is 5.82 Å². The number of nitrogens with one attached hydrogen (secondary N) is 1. The van der Waals surface area contributed by atoms with Gasteiger partial charge < -0.3 is 4.57 Å². The molecule has 0 atom stereocenters. The highest BCUT2D eigenvalue weighted by atomic mass is 32.2. The van der Waals surface area contributed by atoms with Crippen LogP contribution in [0.2, 0.25) is 0 Å². The second-order valence-electron chi connectivity index (χ2n) is 6.40. The number of fused-ring (bicyclic) bond motifs is 3. The second-order valence-corrected chi connectivity index (χ2v) is 7.49. The Hall–Kier alpha value is -2.35. The van der Waals surface area contributed by atoms with Gasteiger partial charge in [-0.15, -0.1) is 0 Å². The van der Waals surface area contributed by atoms with E-state index in [1.807, 2.05) is 18.2 Å². The summed E-state index contributed by atoms with van der Waals surface area (Å²) in [6.45, 7) is 1.75. The fourth-order valence-corrected chi connectivity index (χ4v) is 4.45. The van der Waals surface area contributed by atoms with Gasteiger partial charge in [0, 0.05) is 39.4 Å². The van der Waals surface area contributed by atoms with Gasteiger partial charge in [0.25, 0.3) is 5.91 Å². The zero-order valence-corrected chi connectivity index (χ0v) is 15.0. The minimum Gasteiger partial charge on any atom is -0.330 e. The van der Waals surface area contributed by atoms with Crippen LogP contribution in [0, 0.1) is 5.82 Å². The zero-order chi connectivity index (χ0) is 18.3. The standard InChI is InChI=1S/C19H18FN3O2S/c1-22-9-8-17-18(15-10-13(20)4-7-16(15)23(17)11-22)26-14-5-2-12(3-6-14)19(24)21-25/h2-7,10,25H,8-9,11H2,1H3,(H,21,24). The van der Waals surface area contributed by atoms with Crippen LogP contribution in [-0.2, 0) is 13.1 Å². The Balaban J connectivity index is 1.76. The first-order valence-corrected chi connectivity index (χ1v) is 9.10. The normalized spacial score (nSPS) is 14.4. The number of hydroxylamine groups is 1. The Kier molecular flexibility index (Phi) is 4.44. The van der Waals surface area contributed by atoms with Crippen molar-refractivity contribution in [1.82, 2.24) is 14.9 Å². The highest BCUT2D eigenvalue weighted by Gasteiger charge is 2.23. The molecule has 1 aliphatic rings. The molecule has 0 unspecified atom stereocenters. The summed E-state index contributed by atoms with van der Waals surface area (Å²) in [4.78, 5) is 15.7. The fourth-order valence-electron chi connectivity index (χ4n) is 3.34. The van der Waals surface area contributed by atoms with Crippen LogP contribution >= 0.6 is 11.8 Å². The third kappa shape index (κ3) is 2.98. The largest absolute Gasteiger partial charge is 0.330 e. The number of amides is 1. The first kappa shape index (κ1) is 17.1. The van der Waals surface area contributed by atoms with Gasteiger partial charge in [-0.2, -0.15) is 0 Å². The van der Waals surface area contributed by atoms with Crippen molar-refractivity contribution in [3.8, 4) is 0 Å². The molecule has 0 aliphatic carbocycles. The molecule has 0 saturated carbocycles. The number of likely N-dealkylation sites (N-methyl/N-ethyl adjacent to an activating group) is 1. The average molecular weight is 371 g/mol. The Morgan fingerprint density at radius 2 is 2.00 bits per heavy atom. The van der Waals surface area contributed by atoms with E-state index in [9.17, 15) is 9.18 Å². The van der Waals surface area contributed by atoms with E-state index < -0.39 is 5.91 Å². The number of benzene rings is 2. The smallest absolute Gasteiger partial charge is 0.274 e. The maximum Gasteiger partial charge on any atom is 0.274 e. The molecule has 5 nitrogen and oxygen atoms in total. The van der Waals surface area contributed by atoms with Crippen molar-refractivity contribution in [2.75, 3.05) is 13.6 Å². The number of carbonyl (C=O) groups is 1. The molecule has 3 aromatic rings. The van der Waals surface area contributed by atoms with Gasteiger partial charge in [0.15, 0.2) is 0 Å². The van der Waals surface area contributed by atoms with Gasteiger partial charge in [0.05, 0.1) is 12.2 Å². The van der Waals surface area contributed by atoms with Gasteiger partial charge in [-0.1, -0.05) is 11.8 Å². The van der Waals surface area contributed by atoms with Crippen molar-refractivity contribution in [2.45, 2.75) is 22.9 Å². The molecule has 1 aliphatic heterocycles. The SMILES string of the molecule is CN1CCc2c(Sc3ccc(C(=O)NO)cc3)c3cc(F)ccc3n2C1. The summed E-state index contributed by atoms with van der Waals surface area (Å²) >= 11 is 1.58. The monoisotopic (exact) mass is 371 g/mol. The van der Waals surface area contributed by atoms with Crippen LogP contribution in [0.4, 0.5) is 4.39 Å². The van der Waals surface area contributed by atoms with Crippen LogP contribution in [0.25, 0.3) is 10.9 Å². The van der Waals surface area contributed by atoms with Gasteiger partial charge in [-0.3, -0.25) is 14.9 Å². The van der Waals surface area contributed by atoms with Crippen molar-refractivity contribution >= 4 is 28.6 Å². The van der Waals surface area contributed by atoms with Crippen LogP contribution in [0.5, 0.6) is 0 Å². The van der Waals surface area contributed by atoms with Crippen LogP contribution < -0.4 is 5.48 Å². The quantitative estimate of drug-likeness (QED) is 0.547. The zero-order valence-electron chi connectivity index (χ0n) is 14.2. The van der Waals surface area contributed by atoms with E-state index in [0.29, 0.717) is 5.56 Å². The Morgan fingerprint density at radius 3 is 2.73 bits per heavy atom. The van der Waals surface area contributed by atoms with Crippen molar-refractivity contribution in [1.29, 1.82) is 0 Å². The summed E-state index contributed by atoms with van der Waals surface area (Å²) in [6, 6.07) is 11.9. The summed E-state index contributed by atoms with van der Waals surface area (Å²) in [5.74, 6) is -0.788. The maximum atomic E-state index is 13.9. The van der Waals surface area contributed by atoms with Crippen LogP contribution in [0.15, 0.2) is 52.3 Å². The van der Waals surface area contributed by atoms with Crippen molar-refractivity contribution < 1.29 is 14.4 Å². The van der Waals surface area contributed by atoms with E-state index in [-0.39, 0.29) is 5.82 Å². The number of carbonyl (C=O) groups excluding carboxylic acids is 1. The van der Waals surface area contributed by atoms with E-state index in [1.54, 1.807) is 35.4 Å². The van der Waals surface area contributed by atoms with Gasteiger partial charge in [0.2, 0.25) is 0 Å². The molecule has 26 heavy (non-hydrogen) atoms. The first-order valence-electron chi connectivity index (χ1n) is 8.28. The van der Waals surface area contributed by atoms with Crippen LogP contribution in [0.3, 0.4) is 0 Å². The highest BCUT2D eigenvalue weighted by Crippen LogP contribution is 2.40. The molecule has 0 spiro atoms. The van der Waals surface area contributed by atoms with E-state index >= 15 is 0 Å². The summed E-state index contributed by atoms with van der Waals surface area (Å²) in [5, 5.41) is 9.63. The lowest BCUT2D eigenvalue weighted by atomic mass is 10.2. The lowest BCUT2D eigenvalue weighted by Crippen LogP contribution is -2.30. The highest BCUT2D eigenvalue weighted by molar-refractivity contribution is 7.99. The predicted octanol–water partition coefficient (Wildman–Crippen LogP) is 3.50. The molecular weight excluding hydrogens is 353 g/mol. The Labute approximate surface area is 154 Å². The first-order chi connectivity index (χ1) is 12.6. The molecule has 0 fully saturated rings. The third-order valence-corrected chi connectivity index (χ3v) is 5.80. The van der Waals surface area contributed by atoms with E-state index in [4.69, 9.17) is 5.21 Å². The fraction of sp³-hybridized carbons (Fsp3) is 0.211. The summed E-state index contributed by atoms with van der Waals surface area (Å²) in [6.07, 6.45) is 0.903. The van der Waals surface area contributed by atoms with Gasteiger partial charge in [-0.25, -0.2) is 9.87 Å². The molecule has 0 radical (unpaired) electrons. The van der Waals surface area contributed by atoms with Crippen molar-refractivity contribution in [2.24, 2.45) is 0 Å². The molecule has 0 saturated heterocycles.